The molecule has 31 heavy (non-hydrogen) atoms. The third-order valence-corrected chi connectivity index (χ3v) is 3.99. The molecule has 0 radical (unpaired) electrons. The fraction of sp³-hybridized carbons (Fsp3) is 0.174. The largest absolute Gasteiger partial charge is 0.490 e. The van der Waals surface area contributed by atoms with Crippen molar-refractivity contribution in [2.24, 2.45) is 5.10 Å². The number of ether oxygens (including phenoxy) is 3. The topological polar surface area (TPSA) is 99.4 Å². The zero-order valence-electron chi connectivity index (χ0n) is 17.2. The van der Waals surface area contributed by atoms with E-state index in [1.165, 1.54) is 18.5 Å². The predicted octanol–water partition coefficient (Wildman–Crippen LogP) is 3.74. The molecule has 0 spiro atoms. The van der Waals surface area contributed by atoms with Gasteiger partial charge in [0, 0.05) is 0 Å². The molecule has 3 aromatic rings. The van der Waals surface area contributed by atoms with Gasteiger partial charge in [-0.2, -0.15) is 5.10 Å². The second-order valence-electron chi connectivity index (χ2n) is 6.40. The third-order valence-electron chi connectivity index (χ3n) is 3.99. The van der Waals surface area contributed by atoms with Crippen LogP contribution in [0.15, 0.2) is 70.4 Å². The highest BCUT2D eigenvalue weighted by Gasteiger charge is 2.15. The molecule has 0 fully saturated rings. The minimum atomic E-state index is -0.631. The molecule has 0 atom stereocenters. The van der Waals surface area contributed by atoms with E-state index in [0.29, 0.717) is 23.7 Å². The number of rotatable bonds is 9. The molecular weight excluding hydrogens is 400 g/mol. The maximum Gasteiger partial charge on any atom is 0.379 e. The van der Waals surface area contributed by atoms with Crippen molar-refractivity contribution in [3.05, 3.63) is 77.7 Å². The molecule has 1 amide bonds. The van der Waals surface area contributed by atoms with Gasteiger partial charge in [0.25, 0.3) is 5.91 Å². The van der Waals surface area contributed by atoms with Gasteiger partial charge < -0.3 is 18.6 Å². The van der Waals surface area contributed by atoms with Crippen molar-refractivity contribution in [2.45, 2.75) is 13.8 Å². The van der Waals surface area contributed by atoms with Crippen LogP contribution in [0, 0.1) is 6.92 Å². The van der Waals surface area contributed by atoms with Gasteiger partial charge in [0.05, 0.1) is 19.1 Å². The number of carbonyl (C=O) groups is 2. The maximum absolute atomic E-state index is 12.1. The molecule has 0 aliphatic rings. The van der Waals surface area contributed by atoms with E-state index in [-0.39, 0.29) is 18.1 Å². The summed E-state index contributed by atoms with van der Waals surface area (Å²) in [4.78, 5) is 24.0. The van der Waals surface area contributed by atoms with Gasteiger partial charge >= 0.3 is 5.97 Å². The molecule has 1 heterocycles. The van der Waals surface area contributed by atoms with Crippen LogP contribution in [0.2, 0.25) is 0 Å². The number of carbonyl (C=O) groups excluding carboxylic acids is 2. The van der Waals surface area contributed by atoms with Crippen LogP contribution in [0.1, 0.15) is 28.6 Å². The summed E-state index contributed by atoms with van der Waals surface area (Å²) < 4.78 is 21.3. The Kier molecular flexibility index (Phi) is 7.42. The molecule has 0 saturated carbocycles. The van der Waals surface area contributed by atoms with Crippen molar-refractivity contribution in [3.8, 4) is 17.2 Å². The van der Waals surface area contributed by atoms with Crippen molar-refractivity contribution < 1.29 is 28.2 Å². The summed E-state index contributed by atoms with van der Waals surface area (Å²) in [5, 5.41) is 3.92. The Morgan fingerprint density at radius 1 is 1.06 bits per heavy atom. The molecule has 1 N–H and O–H groups in total. The van der Waals surface area contributed by atoms with E-state index in [1.54, 1.807) is 36.4 Å². The SMILES string of the molecule is CCOc1cc(/C=N/NC(=O)COc2ccc(C)cc2)ccc1OC(=O)c1ccco1. The minimum absolute atomic E-state index is 0.0867. The van der Waals surface area contributed by atoms with Gasteiger partial charge in [0.1, 0.15) is 5.75 Å². The van der Waals surface area contributed by atoms with E-state index in [0.717, 1.165) is 5.56 Å². The molecule has 2 aromatic carbocycles. The van der Waals surface area contributed by atoms with Crippen molar-refractivity contribution in [1.29, 1.82) is 0 Å². The highest BCUT2D eigenvalue weighted by molar-refractivity contribution is 5.89. The molecule has 8 nitrogen and oxygen atoms in total. The Morgan fingerprint density at radius 2 is 1.87 bits per heavy atom. The second kappa shape index (κ2) is 10.6. The Labute approximate surface area is 179 Å². The lowest BCUT2D eigenvalue weighted by Crippen LogP contribution is -2.24. The van der Waals surface area contributed by atoms with Gasteiger partial charge in [-0.15, -0.1) is 0 Å². The summed E-state index contributed by atoms with van der Waals surface area (Å²) in [7, 11) is 0. The number of benzene rings is 2. The summed E-state index contributed by atoms with van der Waals surface area (Å²) in [6.45, 7) is 4.00. The molecule has 0 bridgehead atoms. The van der Waals surface area contributed by atoms with Crippen LogP contribution in [0.3, 0.4) is 0 Å². The molecule has 0 unspecified atom stereocenters. The molecule has 0 aliphatic heterocycles. The molecule has 3 rings (SSSR count). The van der Waals surface area contributed by atoms with Gasteiger partial charge in [0.15, 0.2) is 18.1 Å². The number of furan rings is 1. The zero-order valence-corrected chi connectivity index (χ0v) is 17.2. The number of amides is 1. The van der Waals surface area contributed by atoms with Crippen LogP contribution in [0.4, 0.5) is 0 Å². The first kappa shape index (κ1) is 21.6. The Bertz CT molecular complexity index is 1040. The lowest BCUT2D eigenvalue weighted by Gasteiger charge is -2.10. The van der Waals surface area contributed by atoms with E-state index < -0.39 is 11.9 Å². The third kappa shape index (κ3) is 6.46. The van der Waals surface area contributed by atoms with Gasteiger partial charge in [0.2, 0.25) is 5.76 Å². The molecule has 8 heteroatoms. The fourth-order valence-corrected chi connectivity index (χ4v) is 2.50. The summed E-state index contributed by atoms with van der Waals surface area (Å²) in [6, 6.07) is 15.4. The van der Waals surface area contributed by atoms with Gasteiger partial charge in [-0.1, -0.05) is 17.7 Å². The first-order valence-corrected chi connectivity index (χ1v) is 9.59. The van der Waals surface area contributed by atoms with E-state index >= 15 is 0 Å². The second-order valence-corrected chi connectivity index (χ2v) is 6.40. The first-order valence-electron chi connectivity index (χ1n) is 9.59. The number of hydrogen-bond acceptors (Lipinski definition) is 7. The van der Waals surface area contributed by atoms with Gasteiger partial charge in [-0.3, -0.25) is 4.79 Å². The Balaban J connectivity index is 1.56. The number of hydrazone groups is 1. The molecule has 0 aliphatic carbocycles. The number of aryl methyl sites for hydroxylation is 1. The molecule has 0 saturated heterocycles. The van der Waals surface area contributed by atoms with Crippen LogP contribution < -0.4 is 19.6 Å². The van der Waals surface area contributed by atoms with Crippen molar-refractivity contribution >= 4 is 18.1 Å². The first-order chi connectivity index (χ1) is 15.0. The molecular formula is C23H22N2O6. The van der Waals surface area contributed by atoms with Crippen LogP contribution >= 0.6 is 0 Å². The highest BCUT2D eigenvalue weighted by Crippen LogP contribution is 2.29. The van der Waals surface area contributed by atoms with E-state index in [9.17, 15) is 9.59 Å². The summed E-state index contributed by atoms with van der Waals surface area (Å²) in [5.41, 5.74) is 4.14. The average molecular weight is 422 g/mol. The zero-order chi connectivity index (χ0) is 22.1. The van der Waals surface area contributed by atoms with Crippen molar-refractivity contribution in [3.63, 3.8) is 0 Å². The van der Waals surface area contributed by atoms with Gasteiger partial charge in [-0.05, 0) is 61.9 Å². The van der Waals surface area contributed by atoms with E-state index in [1.807, 2.05) is 26.0 Å². The van der Waals surface area contributed by atoms with Crippen molar-refractivity contribution in [1.82, 2.24) is 5.43 Å². The fourth-order valence-electron chi connectivity index (χ4n) is 2.50. The highest BCUT2D eigenvalue weighted by atomic mass is 16.6. The van der Waals surface area contributed by atoms with Crippen LogP contribution in [-0.2, 0) is 4.79 Å². The number of nitrogens with one attached hydrogen (secondary N) is 1. The summed E-state index contributed by atoms with van der Waals surface area (Å²) >= 11 is 0. The van der Waals surface area contributed by atoms with Crippen LogP contribution in [0.25, 0.3) is 0 Å². The van der Waals surface area contributed by atoms with Crippen molar-refractivity contribution in [2.75, 3.05) is 13.2 Å². The average Bonchev–Trinajstić information content (AvgIpc) is 3.30. The normalized spacial score (nSPS) is 10.6. The number of esters is 1. The quantitative estimate of drug-likeness (QED) is 0.244. The Morgan fingerprint density at radius 3 is 2.58 bits per heavy atom. The van der Waals surface area contributed by atoms with Gasteiger partial charge in [-0.25, -0.2) is 10.2 Å². The number of hydrogen-bond donors (Lipinski definition) is 1. The summed E-state index contributed by atoms with van der Waals surface area (Å²) in [6.07, 6.45) is 2.84. The predicted molar refractivity (Wildman–Crippen MR) is 114 cm³/mol. The van der Waals surface area contributed by atoms with Crippen LogP contribution in [-0.4, -0.2) is 31.3 Å². The van der Waals surface area contributed by atoms with E-state index in [2.05, 4.69) is 10.5 Å². The molecule has 160 valence electrons. The molecule has 1 aromatic heterocycles. The van der Waals surface area contributed by atoms with Crippen LogP contribution in [0.5, 0.6) is 17.2 Å². The van der Waals surface area contributed by atoms with E-state index in [4.69, 9.17) is 18.6 Å². The lowest BCUT2D eigenvalue weighted by atomic mass is 10.2. The monoisotopic (exact) mass is 422 g/mol. The smallest absolute Gasteiger partial charge is 0.379 e. The number of nitrogens with zero attached hydrogens (tertiary/aromatic N) is 1. The summed E-state index contributed by atoms with van der Waals surface area (Å²) in [5.74, 6) is 0.268. The standard InChI is InChI=1S/C23H22N2O6/c1-3-28-21-13-17(8-11-19(21)31-23(27)20-5-4-12-29-20)14-24-25-22(26)15-30-18-9-6-16(2)7-10-18/h4-14H,3,15H2,1-2H3,(H,25,26)/b24-14+. The lowest BCUT2D eigenvalue weighted by molar-refractivity contribution is -0.123. The maximum atomic E-state index is 12.1. The Hall–Kier alpha value is -4.07. The minimum Gasteiger partial charge on any atom is -0.490 e.